The van der Waals surface area contributed by atoms with Gasteiger partial charge in [0.25, 0.3) is 5.69 Å². The third-order valence-corrected chi connectivity index (χ3v) is 2.37. The molecule has 0 aliphatic carbocycles. The number of hydrogen-bond acceptors (Lipinski definition) is 4. The molecule has 0 saturated carbocycles. The standard InChI is InChI=1S/C10H7ClN2O3/c1-6-8(10(14)4-11)2-7(5-12)3-9(6)13(15)16/h2-3H,4H2,1H3. The molecule has 0 bridgehead atoms. The van der Waals surface area contributed by atoms with Crippen LogP contribution in [0.3, 0.4) is 0 Å². The third kappa shape index (κ3) is 2.18. The smallest absolute Gasteiger partial charge is 0.274 e. The maximum Gasteiger partial charge on any atom is 0.274 e. The fraction of sp³-hybridized carbons (Fsp3) is 0.200. The van der Waals surface area contributed by atoms with Crippen LogP contribution in [0.15, 0.2) is 12.1 Å². The predicted octanol–water partition coefficient (Wildman–Crippen LogP) is 2.20. The number of alkyl halides is 1. The molecular formula is C10H7ClN2O3. The molecule has 0 N–H and O–H groups in total. The summed E-state index contributed by atoms with van der Waals surface area (Å²) in [4.78, 5) is 21.5. The molecule has 5 nitrogen and oxygen atoms in total. The molecule has 1 rings (SSSR count). The average Bonchev–Trinajstić information content (AvgIpc) is 2.28. The van der Waals surface area contributed by atoms with Crippen LogP contribution < -0.4 is 0 Å². The summed E-state index contributed by atoms with van der Waals surface area (Å²) in [7, 11) is 0. The predicted molar refractivity (Wildman–Crippen MR) is 57.6 cm³/mol. The van der Waals surface area contributed by atoms with Gasteiger partial charge in [-0.1, -0.05) is 0 Å². The second kappa shape index (κ2) is 4.73. The molecule has 0 atom stereocenters. The van der Waals surface area contributed by atoms with E-state index in [-0.39, 0.29) is 28.3 Å². The van der Waals surface area contributed by atoms with Crippen molar-refractivity contribution in [1.29, 1.82) is 5.26 Å². The molecule has 0 aliphatic heterocycles. The number of nitrogens with zero attached hydrogens (tertiary/aromatic N) is 2. The first kappa shape index (κ1) is 12.1. The van der Waals surface area contributed by atoms with Gasteiger partial charge in [0, 0.05) is 17.2 Å². The minimum Gasteiger partial charge on any atom is -0.293 e. The number of carbonyl (C=O) groups excluding carboxylic acids is 1. The van der Waals surface area contributed by atoms with Crippen molar-refractivity contribution in [2.24, 2.45) is 0 Å². The summed E-state index contributed by atoms with van der Waals surface area (Å²) in [5.74, 6) is -0.702. The lowest BCUT2D eigenvalue weighted by Crippen LogP contribution is -2.06. The largest absolute Gasteiger partial charge is 0.293 e. The van der Waals surface area contributed by atoms with Gasteiger partial charge in [0.15, 0.2) is 5.78 Å². The highest BCUT2D eigenvalue weighted by Crippen LogP contribution is 2.24. The number of hydrogen-bond donors (Lipinski definition) is 0. The van der Waals surface area contributed by atoms with Crippen LogP contribution in [-0.4, -0.2) is 16.6 Å². The van der Waals surface area contributed by atoms with Gasteiger partial charge in [-0.3, -0.25) is 14.9 Å². The SMILES string of the molecule is Cc1c(C(=O)CCl)cc(C#N)cc1[N+](=O)[O-]. The lowest BCUT2D eigenvalue weighted by Gasteiger charge is -2.04. The van der Waals surface area contributed by atoms with E-state index in [9.17, 15) is 14.9 Å². The molecule has 0 aromatic heterocycles. The van der Waals surface area contributed by atoms with Crippen molar-refractivity contribution in [3.05, 3.63) is 38.9 Å². The summed E-state index contributed by atoms with van der Waals surface area (Å²) in [6.07, 6.45) is 0. The van der Waals surface area contributed by atoms with E-state index in [0.717, 1.165) is 6.07 Å². The number of ketones is 1. The molecule has 0 heterocycles. The molecule has 0 fully saturated rings. The summed E-state index contributed by atoms with van der Waals surface area (Å²) in [6.45, 7) is 1.46. The highest BCUT2D eigenvalue weighted by molar-refractivity contribution is 6.30. The summed E-state index contributed by atoms with van der Waals surface area (Å²) >= 11 is 5.38. The first-order valence-corrected chi connectivity index (χ1v) is 4.83. The van der Waals surface area contributed by atoms with Crippen LogP contribution in [0.5, 0.6) is 0 Å². The Kier molecular flexibility index (Phi) is 3.59. The fourth-order valence-electron chi connectivity index (χ4n) is 1.31. The highest BCUT2D eigenvalue weighted by Gasteiger charge is 2.19. The van der Waals surface area contributed by atoms with E-state index in [1.54, 1.807) is 6.07 Å². The Morgan fingerprint density at radius 1 is 1.62 bits per heavy atom. The molecular weight excluding hydrogens is 232 g/mol. The molecule has 0 aliphatic rings. The van der Waals surface area contributed by atoms with Gasteiger partial charge in [-0.05, 0) is 13.0 Å². The summed E-state index contributed by atoms with van der Waals surface area (Å²) in [5.41, 5.74) is 0.189. The summed E-state index contributed by atoms with van der Waals surface area (Å²) in [5, 5.41) is 19.4. The van der Waals surface area contributed by atoms with Crippen molar-refractivity contribution in [2.45, 2.75) is 6.92 Å². The number of nitriles is 1. The van der Waals surface area contributed by atoms with Crippen LogP contribution in [0.1, 0.15) is 21.5 Å². The van der Waals surface area contributed by atoms with Gasteiger partial charge >= 0.3 is 0 Å². The number of benzene rings is 1. The van der Waals surface area contributed by atoms with Crippen LogP contribution in [0.2, 0.25) is 0 Å². The van der Waals surface area contributed by atoms with Gasteiger partial charge in [0.1, 0.15) is 0 Å². The average molecular weight is 239 g/mol. The summed E-state index contributed by atoms with van der Waals surface area (Å²) in [6, 6.07) is 4.22. The first-order chi connectivity index (χ1) is 7.51. The van der Waals surface area contributed by atoms with Crippen molar-refractivity contribution in [2.75, 3.05) is 5.88 Å². The Morgan fingerprint density at radius 3 is 2.69 bits per heavy atom. The monoisotopic (exact) mass is 238 g/mol. The van der Waals surface area contributed by atoms with Crippen LogP contribution in [0.4, 0.5) is 5.69 Å². The third-order valence-electron chi connectivity index (χ3n) is 2.13. The van der Waals surface area contributed by atoms with E-state index < -0.39 is 10.7 Å². The molecule has 82 valence electrons. The molecule has 0 amide bonds. The zero-order valence-corrected chi connectivity index (χ0v) is 9.11. The topological polar surface area (TPSA) is 84.0 Å². The second-order valence-electron chi connectivity index (χ2n) is 3.09. The van der Waals surface area contributed by atoms with E-state index in [1.165, 1.54) is 13.0 Å². The van der Waals surface area contributed by atoms with Crippen molar-refractivity contribution < 1.29 is 9.72 Å². The number of halogens is 1. The summed E-state index contributed by atoms with van der Waals surface area (Å²) < 4.78 is 0. The van der Waals surface area contributed by atoms with Crippen molar-refractivity contribution >= 4 is 23.1 Å². The zero-order chi connectivity index (χ0) is 12.3. The van der Waals surface area contributed by atoms with Gasteiger partial charge in [0.2, 0.25) is 0 Å². The maximum absolute atomic E-state index is 11.4. The van der Waals surface area contributed by atoms with E-state index >= 15 is 0 Å². The van der Waals surface area contributed by atoms with Crippen molar-refractivity contribution in [3.63, 3.8) is 0 Å². The number of nitro groups is 1. The Hall–Kier alpha value is -1.93. The fourth-order valence-corrected chi connectivity index (χ4v) is 1.46. The van der Waals surface area contributed by atoms with Gasteiger partial charge in [-0.15, -0.1) is 11.6 Å². The van der Waals surface area contributed by atoms with Gasteiger partial charge in [-0.25, -0.2) is 0 Å². The Bertz CT molecular complexity index is 506. The number of Topliss-reactive ketones (excluding diaryl/α,β-unsaturated/α-hetero) is 1. The highest BCUT2D eigenvalue weighted by atomic mass is 35.5. The van der Waals surface area contributed by atoms with Gasteiger partial charge in [0.05, 0.1) is 22.4 Å². The normalized spacial score (nSPS) is 9.56. The molecule has 0 unspecified atom stereocenters. The van der Waals surface area contributed by atoms with E-state index in [0.29, 0.717) is 0 Å². The van der Waals surface area contributed by atoms with Gasteiger partial charge < -0.3 is 0 Å². The number of rotatable bonds is 3. The second-order valence-corrected chi connectivity index (χ2v) is 3.36. The Morgan fingerprint density at radius 2 is 2.25 bits per heavy atom. The minimum absolute atomic E-state index is 0.0748. The van der Waals surface area contributed by atoms with E-state index in [2.05, 4.69) is 0 Å². The molecule has 16 heavy (non-hydrogen) atoms. The van der Waals surface area contributed by atoms with Gasteiger partial charge in [-0.2, -0.15) is 5.26 Å². The molecule has 1 aromatic rings. The Balaban J connectivity index is 3.50. The molecule has 0 radical (unpaired) electrons. The van der Waals surface area contributed by atoms with Crippen molar-refractivity contribution in [1.82, 2.24) is 0 Å². The van der Waals surface area contributed by atoms with Crippen molar-refractivity contribution in [3.8, 4) is 6.07 Å². The minimum atomic E-state index is -0.624. The lowest BCUT2D eigenvalue weighted by molar-refractivity contribution is -0.385. The number of nitro benzene ring substituents is 1. The number of carbonyl (C=O) groups is 1. The van der Waals surface area contributed by atoms with Crippen LogP contribution in [-0.2, 0) is 0 Å². The molecule has 0 spiro atoms. The first-order valence-electron chi connectivity index (χ1n) is 4.29. The molecule has 0 saturated heterocycles. The van der Waals surface area contributed by atoms with E-state index in [1.807, 2.05) is 0 Å². The molecule has 6 heteroatoms. The maximum atomic E-state index is 11.4. The van der Waals surface area contributed by atoms with Crippen LogP contribution >= 0.6 is 11.6 Å². The lowest BCUT2D eigenvalue weighted by atomic mass is 10.0. The Labute approximate surface area is 96.4 Å². The zero-order valence-electron chi connectivity index (χ0n) is 8.36. The molecule has 1 aromatic carbocycles. The van der Waals surface area contributed by atoms with E-state index in [4.69, 9.17) is 16.9 Å². The quantitative estimate of drug-likeness (QED) is 0.350. The van der Waals surface area contributed by atoms with Crippen LogP contribution in [0.25, 0.3) is 0 Å². The van der Waals surface area contributed by atoms with Crippen LogP contribution in [0, 0.1) is 28.4 Å².